The lowest BCUT2D eigenvalue weighted by Crippen LogP contribution is -2.42. The Labute approximate surface area is 128 Å². The molecule has 114 valence electrons. The van der Waals surface area contributed by atoms with Crippen LogP contribution in [-0.2, 0) is 21.2 Å². The molecular formula is C14H17NO4S2. The van der Waals surface area contributed by atoms with Gasteiger partial charge in [0.1, 0.15) is 11.9 Å². The third-order valence-corrected chi connectivity index (χ3v) is 6.44. The van der Waals surface area contributed by atoms with Crippen molar-refractivity contribution in [3.05, 3.63) is 21.9 Å². The van der Waals surface area contributed by atoms with E-state index < -0.39 is 21.0 Å². The highest BCUT2D eigenvalue weighted by Gasteiger charge is 2.34. The van der Waals surface area contributed by atoms with Gasteiger partial charge in [0, 0.05) is 4.88 Å². The average Bonchev–Trinajstić information content (AvgIpc) is 2.90. The maximum atomic E-state index is 12.0. The van der Waals surface area contributed by atoms with Crippen LogP contribution < -0.4 is 5.32 Å². The molecule has 7 heteroatoms. The normalized spacial score (nSPS) is 20.3. The summed E-state index contributed by atoms with van der Waals surface area (Å²) in [6.07, 6.45) is 1.83. The van der Waals surface area contributed by atoms with Crippen LogP contribution in [0.15, 0.2) is 12.1 Å². The second-order valence-corrected chi connectivity index (χ2v) is 8.27. The van der Waals surface area contributed by atoms with Crippen molar-refractivity contribution in [3.8, 4) is 11.8 Å². The summed E-state index contributed by atoms with van der Waals surface area (Å²) in [5.74, 6) is 5.03. The largest absolute Gasteiger partial charge is 0.384 e. The first kappa shape index (κ1) is 16.0. The van der Waals surface area contributed by atoms with Crippen molar-refractivity contribution in [2.45, 2.75) is 31.1 Å². The maximum Gasteiger partial charge on any atom is 0.238 e. The highest BCUT2D eigenvalue weighted by Crippen LogP contribution is 2.20. The molecule has 2 heterocycles. The lowest BCUT2D eigenvalue weighted by Gasteiger charge is -2.21. The summed E-state index contributed by atoms with van der Waals surface area (Å²) in [6, 6.07) is 3.65. The van der Waals surface area contributed by atoms with Gasteiger partial charge in [-0.15, -0.1) is 11.3 Å². The van der Waals surface area contributed by atoms with Crippen LogP contribution >= 0.6 is 11.3 Å². The van der Waals surface area contributed by atoms with Crippen LogP contribution in [0.2, 0.25) is 0 Å². The van der Waals surface area contributed by atoms with E-state index in [2.05, 4.69) is 17.2 Å². The molecule has 1 atom stereocenters. The average molecular weight is 327 g/mol. The fourth-order valence-corrected chi connectivity index (χ4v) is 4.85. The zero-order valence-corrected chi connectivity index (χ0v) is 13.1. The molecule has 1 unspecified atom stereocenters. The van der Waals surface area contributed by atoms with E-state index in [4.69, 9.17) is 5.11 Å². The molecular weight excluding hydrogens is 310 g/mol. The van der Waals surface area contributed by atoms with Crippen LogP contribution in [0.4, 0.5) is 0 Å². The lowest BCUT2D eigenvalue weighted by atomic mass is 10.2. The van der Waals surface area contributed by atoms with Gasteiger partial charge < -0.3 is 10.4 Å². The summed E-state index contributed by atoms with van der Waals surface area (Å²) in [5, 5.41) is 10.4. The van der Waals surface area contributed by atoms with Gasteiger partial charge in [-0.3, -0.25) is 4.79 Å². The van der Waals surface area contributed by atoms with Crippen molar-refractivity contribution in [1.82, 2.24) is 5.32 Å². The molecule has 0 aromatic carbocycles. The number of rotatable bonds is 3. The van der Waals surface area contributed by atoms with E-state index in [1.54, 1.807) is 0 Å². The van der Waals surface area contributed by atoms with Crippen molar-refractivity contribution in [1.29, 1.82) is 0 Å². The fraction of sp³-hybridized carbons (Fsp3) is 0.500. The van der Waals surface area contributed by atoms with Gasteiger partial charge in [0.25, 0.3) is 0 Å². The highest BCUT2D eigenvalue weighted by molar-refractivity contribution is 7.92. The summed E-state index contributed by atoms with van der Waals surface area (Å²) < 4.78 is 23.7. The van der Waals surface area contributed by atoms with Gasteiger partial charge >= 0.3 is 0 Å². The van der Waals surface area contributed by atoms with Crippen molar-refractivity contribution >= 4 is 27.1 Å². The number of carbonyl (C=O) groups excluding carboxylic acids is 1. The quantitative estimate of drug-likeness (QED) is 0.800. The number of hydrogen-bond acceptors (Lipinski definition) is 5. The van der Waals surface area contributed by atoms with E-state index in [-0.39, 0.29) is 12.4 Å². The number of nitrogens with one attached hydrogen (secondary N) is 1. The summed E-state index contributed by atoms with van der Waals surface area (Å²) >= 11 is 1.41. The highest BCUT2D eigenvalue weighted by atomic mass is 32.2. The summed E-state index contributed by atoms with van der Waals surface area (Å²) in [6.45, 7) is 0.111. The monoisotopic (exact) mass is 327 g/mol. The first-order chi connectivity index (χ1) is 10.0. The van der Waals surface area contributed by atoms with Gasteiger partial charge in [-0.2, -0.15) is 0 Å². The molecule has 2 N–H and O–H groups in total. The molecule has 21 heavy (non-hydrogen) atoms. The van der Waals surface area contributed by atoms with E-state index >= 15 is 0 Å². The van der Waals surface area contributed by atoms with E-state index in [1.807, 2.05) is 12.1 Å². The third-order valence-electron chi connectivity index (χ3n) is 3.26. The molecule has 5 nitrogen and oxygen atoms in total. The molecule has 1 aliphatic heterocycles. The van der Waals surface area contributed by atoms with E-state index in [1.165, 1.54) is 11.3 Å². The molecule has 0 radical (unpaired) electrons. The number of thiophene rings is 1. The Morgan fingerprint density at radius 3 is 2.95 bits per heavy atom. The van der Waals surface area contributed by atoms with E-state index in [9.17, 15) is 13.2 Å². The molecule has 1 aliphatic rings. The standard InChI is InChI=1S/C14H17NO4S2/c16-8-3-4-11-6-7-12(20-11)10-15-14(17)13-5-1-2-9-21(13,18)19/h6-7,13,16H,1-2,5,8-10H2,(H,15,17). The first-order valence-electron chi connectivity index (χ1n) is 6.70. The van der Waals surface area contributed by atoms with Crippen molar-refractivity contribution in [2.24, 2.45) is 0 Å². The molecule has 1 saturated heterocycles. The molecule has 2 rings (SSSR count). The Bertz CT molecular complexity index is 667. The predicted molar refractivity (Wildman–Crippen MR) is 81.6 cm³/mol. The summed E-state index contributed by atoms with van der Waals surface area (Å²) in [7, 11) is -3.29. The van der Waals surface area contributed by atoms with Gasteiger partial charge in [0.15, 0.2) is 9.84 Å². The third kappa shape index (κ3) is 4.30. The minimum absolute atomic E-state index is 0.102. The van der Waals surface area contributed by atoms with Crippen LogP contribution in [-0.4, -0.2) is 37.0 Å². The Morgan fingerprint density at radius 1 is 1.43 bits per heavy atom. The predicted octanol–water partition coefficient (Wildman–Crippen LogP) is 0.675. The number of hydrogen-bond donors (Lipinski definition) is 2. The topological polar surface area (TPSA) is 83.5 Å². The van der Waals surface area contributed by atoms with Crippen molar-refractivity contribution in [3.63, 3.8) is 0 Å². The van der Waals surface area contributed by atoms with Crippen LogP contribution in [0, 0.1) is 11.8 Å². The molecule has 1 amide bonds. The molecule has 1 aromatic heterocycles. The number of aliphatic hydroxyl groups excluding tert-OH is 1. The lowest BCUT2D eigenvalue weighted by molar-refractivity contribution is -0.121. The van der Waals surface area contributed by atoms with Crippen LogP contribution in [0.1, 0.15) is 29.0 Å². The Kier molecular flexibility index (Phi) is 5.39. The number of carbonyl (C=O) groups is 1. The van der Waals surface area contributed by atoms with Crippen molar-refractivity contribution in [2.75, 3.05) is 12.4 Å². The van der Waals surface area contributed by atoms with Crippen LogP contribution in [0.3, 0.4) is 0 Å². The molecule has 0 bridgehead atoms. The molecule has 0 aliphatic carbocycles. The van der Waals surface area contributed by atoms with E-state index in [0.717, 1.165) is 16.2 Å². The van der Waals surface area contributed by atoms with Gasteiger partial charge in [-0.05, 0) is 25.0 Å². The molecule has 0 spiro atoms. The summed E-state index contributed by atoms with van der Waals surface area (Å²) in [5.41, 5.74) is 0. The fourth-order valence-electron chi connectivity index (χ4n) is 2.20. The second kappa shape index (κ2) is 7.07. The number of amides is 1. The first-order valence-corrected chi connectivity index (χ1v) is 9.24. The van der Waals surface area contributed by atoms with Gasteiger partial charge in [0.05, 0.1) is 17.2 Å². The zero-order valence-electron chi connectivity index (χ0n) is 11.5. The minimum atomic E-state index is -3.29. The van der Waals surface area contributed by atoms with Crippen molar-refractivity contribution < 1.29 is 18.3 Å². The Balaban J connectivity index is 1.93. The van der Waals surface area contributed by atoms with E-state index in [0.29, 0.717) is 19.4 Å². The van der Waals surface area contributed by atoms with Crippen LogP contribution in [0.5, 0.6) is 0 Å². The smallest absolute Gasteiger partial charge is 0.238 e. The molecule has 1 aromatic rings. The summed E-state index contributed by atoms with van der Waals surface area (Å²) in [4.78, 5) is 13.7. The Morgan fingerprint density at radius 2 is 2.24 bits per heavy atom. The molecule has 0 saturated carbocycles. The number of aliphatic hydroxyl groups is 1. The Hall–Kier alpha value is -1.36. The SMILES string of the molecule is O=C(NCc1ccc(C#CCO)s1)C1CCCCS1(=O)=O. The van der Waals surface area contributed by atoms with Gasteiger partial charge in [0.2, 0.25) is 5.91 Å². The van der Waals surface area contributed by atoms with Gasteiger partial charge in [-0.25, -0.2) is 8.42 Å². The maximum absolute atomic E-state index is 12.0. The van der Waals surface area contributed by atoms with Gasteiger partial charge in [-0.1, -0.05) is 18.3 Å². The molecule has 1 fully saturated rings. The second-order valence-electron chi connectivity index (χ2n) is 4.80. The number of sulfone groups is 1. The zero-order chi connectivity index (χ0) is 15.3. The van der Waals surface area contributed by atoms with Crippen LogP contribution in [0.25, 0.3) is 0 Å². The minimum Gasteiger partial charge on any atom is -0.384 e.